The Morgan fingerprint density at radius 2 is 1.75 bits per heavy atom. The molecule has 0 aromatic heterocycles. The molecule has 10 heteroatoms. The van der Waals surface area contributed by atoms with Crippen LogP contribution in [0.1, 0.15) is 41.6 Å². The van der Waals surface area contributed by atoms with Crippen LogP contribution in [0.15, 0.2) is 12.1 Å². The highest BCUT2D eigenvalue weighted by atomic mass is 16.3. The second-order valence-electron chi connectivity index (χ2n) is 10.8. The number of nitrogens with zero attached hydrogens (tertiary/aromatic N) is 2. The second-order valence-corrected chi connectivity index (χ2v) is 10.8. The third kappa shape index (κ3) is 3.27. The van der Waals surface area contributed by atoms with Gasteiger partial charge in [-0.15, -0.1) is 0 Å². The van der Waals surface area contributed by atoms with Crippen molar-refractivity contribution in [1.29, 1.82) is 0 Å². The molecular formula is C26H31N3O7. The SMILES string of the molecule is CN(C)C1C(=O)C(C(N)=O)C(=O)[C@@]2(O)C(=O)C3C(=O)c4c(ccc(N5CCCCC5)c4O)C[C@H]3C[C@@H]12. The monoisotopic (exact) mass is 497 g/mol. The van der Waals surface area contributed by atoms with Gasteiger partial charge in [-0.1, -0.05) is 6.07 Å². The number of phenols is 1. The molecule has 1 saturated heterocycles. The molecule has 3 unspecified atom stereocenters. The molecule has 3 fully saturated rings. The predicted molar refractivity (Wildman–Crippen MR) is 127 cm³/mol. The number of aliphatic hydroxyl groups is 1. The maximum atomic E-state index is 13.8. The topological polar surface area (TPSA) is 158 Å². The summed E-state index contributed by atoms with van der Waals surface area (Å²) in [5, 5.41) is 22.7. The van der Waals surface area contributed by atoms with Gasteiger partial charge in [-0.2, -0.15) is 0 Å². The summed E-state index contributed by atoms with van der Waals surface area (Å²) in [4.78, 5) is 69.5. The van der Waals surface area contributed by atoms with Crippen LogP contribution in [0.4, 0.5) is 5.69 Å². The number of carbonyl (C=O) groups excluding carboxylic acids is 5. The molecule has 2 saturated carbocycles. The van der Waals surface area contributed by atoms with Crippen molar-refractivity contribution in [2.75, 3.05) is 32.1 Å². The van der Waals surface area contributed by atoms with E-state index in [0.29, 0.717) is 11.3 Å². The number of phenolic OH excluding ortho intramolecular Hbond substituents is 1. The van der Waals surface area contributed by atoms with E-state index in [-0.39, 0.29) is 24.2 Å². The molecule has 0 spiro atoms. The normalized spacial score (nSPS) is 34.3. The Hall–Kier alpha value is -3.11. The number of hydrogen-bond acceptors (Lipinski definition) is 9. The lowest BCUT2D eigenvalue weighted by Gasteiger charge is -2.52. The Morgan fingerprint density at radius 1 is 1.08 bits per heavy atom. The molecule has 1 aromatic rings. The zero-order chi connectivity index (χ0) is 26.1. The van der Waals surface area contributed by atoms with Crippen molar-refractivity contribution in [3.05, 3.63) is 23.3 Å². The van der Waals surface area contributed by atoms with E-state index in [1.807, 2.05) is 4.90 Å². The minimum absolute atomic E-state index is 0.0460. The van der Waals surface area contributed by atoms with Gasteiger partial charge >= 0.3 is 0 Å². The fourth-order valence-electron chi connectivity index (χ4n) is 6.96. The number of rotatable bonds is 3. The summed E-state index contributed by atoms with van der Waals surface area (Å²) in [6.07, 6.45) is 3.36. The maximum Gasteiger partial charge on any atom is 0.235 e. The van der Waals surface area contributed by atoms with Crippen LogP contribution in [-0.2, 0) is 25.6 Å². The number of hydrogen-bond donors (Lipinski definition) is 3. The summed E-state index contributed by atoms with van der Waals surface area (Å²) in [6.45, 7) is 1.49. The number of likely N-dealkylation sites (N-methyl/N-ethyl adjacent to an activating group) is 1. The lowest BCUT2D eigenvalue weighted by molar-refractivity contribution is -0.181. The van der Waals surface area contributed by atoms with Gasteiger partial charge in [-0.05, 0) is 63.7 Å². The number of Topliss-reactive ketones (excluding diaryl/α,β-unsaturated/α-hetero) is 4. The highest BCUT2D eigenvalue weighted by Crippen LogP contribution is 2.51. The molecule has 1 heterocycles. The van der Waals surface area contributed by atoms with Crippen molar-refractivity contribution >= 4 is 34.7 Å². The summed E-state index contributed by atoms with van der Waals surface area (Å²) in [5.41, 5.74) is 3.82. The van der Waals surface area contributed by atoms with Gasteiger partial charge in [0.2, 0.25) is 5.91 Å². The largest absolute Gasteiger partial charge is 0.505 e. The number of amides is 1. The van der Waals surface area contributed by atoms with Crippen molar-refractivity contribution in [1.82, 2.24) is 4.90 Å². The van der Waals surface area contributed by atoms with Gasteiger partial charge in [0.25, 0.3) is 0 Å². The molecule has 4 N–H and O–H groups in total. The highest BCUT2D eigenvalue weighted by Gasteiger charge is 2.69. The fraction of sp³-hybridized carbons (Fsp3) is 0.577. The summed E-state index contributed by atoms with van der Waals surface area (Å²) in [7, 11) is 3.13. The zero-order valence-electron chi connectivity index (χ0n) is 20.4. The van der Waals surface area contributed by atoms with E-state index in [2.05, 4.69) is 0 Å². The third-order valence-electron chi connectivity index (χ3n) is 8.61. The Morgan fingerprint density at radius 3 is 2.36 bits per heavy atom. The van der Waals surface area contributed by atoms with Crippen LogP contribution in [-0.4, -0.2) is 83.0 Å². The van der Waals surface area contributed by atoms with Crippen molar-refractivity contribution < 1.29 is 34.2 Å². The van der Waals surface area contributed by atoms with E-state index in [0.717, 1.165) is 32.4 Å². The van der Waals surface area contributed by atoms with Gasteiger partial charge in [0.1, 0.15) is 5.75 Å². The van der Waals surface area contributed by atoms with E-state index in [1.54, 1.807) is 26.2 Å². The zero-order valence-corrected chi connectivity index (χ0v) is 20.4. The van der Waals surface area contributed by atoms with Crippen molar-refractivity contribution in [3.63, 3.8) is 0 Å². The van der Waals surface area contributed by atoms with Crippen molar-refractivity contribution in [2.24, 2.45) is 29.4 Å². The van der Waals surface area contributed by atoms with Gasteiger partial charge in [0.15, 0.2) is 34.7 Å². The van der Waals surface area contributed by atoms with Crippen LogP contribution in [0.2, 0.25) is 0 Å². The minimum Gasteiger partial charge on any atom is -0.505 e. The second kappa shape index (κ2) is 8.48. The van der Waals surface area contributed by atoms with Gasteiger partial charge in [0.05, 0.1) is 23.2 Å². The first-order valence-corrected chi connectivity index (χ1v) is 12.4. The minimum atomic E-state index is -2.70. The number of nitrogens with two attached hydrogens (primary N) is 1. The molecule has 1 amide bonds. The fourth-order valence-corrected chi connectivity index (χ4v) is 6.96. The van der Waals surface area contributed by atoms with E-state index >= 15 is 0 Å². The maximum absolute atomic E-state index is 13.8. The van der Waals surface area contributed by atoms with Crippen LogP contribution in [0.5, 0.6) is 5.75 Å². The van der Waals surface area contributed by atoms with Crippen LogP contribution in [0.3, 0.4) is 0 Å². The molecule has 0 radical (unpaired) electrons. The summed E-state index contributed by atoms with van der Waals surface area (Å²) in [6, 6.07) is 2.49. The first-order valence-electron chi connectivity index (χ1n) is 12.4. The molecule has 36 heavy (non-hydrogen) atoms. The number of piperidine rings is 1. The first-order chi connectivity index (χ1) is 17.0. The van der Waals surface area contributed by atoms with Crippen molar-refractivity contribution in [2.45, 2.75) is 43.7 Å². The first kappa shape index (κ1) is 24.6. The lowest BCUT2D eigenvalue weighted by Crippen LogP contribution is -2.74. The van der Waals surface area contributed by atoms with Crippen LogP contribution in [0.25, 0.3) is 0 Å². The van der Waals surface area contributed by atoms with Crippen molar-refractivity contribution in [3.8, 4) is 5.75 Å². The van der Waals surface area contributed by atoms with Crippen LogP contribution < -0.4 is 10.6 Å². The standard InChI is InChI=1S/C26H31N3O7/c1-28(2)19-14-11-13-10-12-6-7-15(29-8-4-3-5-9-29)20(30)16(12)21(31)17(13)23(33)26(14,36)24(34)18(22(19)32)25(27)35/h6-7,13-14,17-19,30,36H,3-5,8-11H2,1-2H3,(H2,27,35)/t13-,14-,17?,18?,19?,26-/m0/s1. The molecule has 0 bridgehead atoms. The van der Waals surface area contributed by atoms with Crippen LogP contribution >= 0.6 is 0 Å². The number of ketones is 4. The van der Waals surface area contributed by atoms with E-state index in [9.17, 15) is 34.2 Å². The molecule has 192 valence electrons. The molecule has 3 aliphatic carbocycles. The van der Waals surface area contributed by atoms with Gasteiger partial charge in [-0.25, -0.2) is 0 Å². The quantitative estimate of drug-likeness (QED) is 0.483. The average Bonchev–Trinajstić information content (AvgIpc) is 2.81. The summed E-state index contributed by atoms with van der Waals surface area (Å²) >= 11 is 0. The number of benzene rings is 1. The lowest BCUT2D eigenvalue weighted by atomic mass is 9.52. The Kier molecular flexibility index (Phi) is 5.79. The molecule has 5 rings (SSSR count). The number of aromatic hydroxyl groups is 1. The number of anilines is 1. The Bertz CT molecular complexity index is 1190. The Balaban J connectivity index is 1.59. The molecule has 4 aliphatic rings. The van der Waals surface area contributed by atoms with Gasteiger partial charge < -0.3 is 20.8 Å². The number of primary amides is 1. The number of carbonyl (C=O) groups is 5. The van der Waals surface area contributed by atoms with E-state index < -0.39 is 64.4 Å². The highest BCUT2D eigenvalue weighted by molar-refractivity contribution is 6.32. The third-order valence-corrected chi connectivity index (χ3v) is 8.61. The molecule has 10 nitrogen and oxygen atoms in total. The summed E-state index contributed by atoms with van der Waals surface area (Å²) in [5.74, 6) is -10.1. The Labute approximate surface area is 208 Å². The molecule has 6 atom stereocenters. The van der Waals surface area contributed by atoms with Gasteiger partial charge in [0, 0.05) is 19.0 Å². The summed E-state index contributed by atoms with van der Waals surface area (Å²) < 4.78 is 0. The molecular weight excluding hydrogens is 466 g/mol. The molecule has 1 aliphatic heterocycles. The average molecular weight is 498 g/mol. The van der Waals surface area contributed by atoms with Gasteiger partial charge in [-0.3, -0.25) is 28.9 Å². The number of fused-ring (bicyclic) bond motifs is 3. The molecule has 1 aromatic carbocycles. The van der Waals surface area contributed by atoms with Crippen LogP contribution in [0, 0.1) is 23.7 Å². The predicted octanol–water partition coefficient (Wildman–Crippen LogP) is -0.143. The van der Waals surface area contributed by atoms with E-state index in [4.69, 9.17) is 5.73 Å². The smallest absolute Gasteiger partial charge is 0.235 e. The van der Waals surface area contributed by atoms with E-state index in [1.165, 1.54) is 4.90 Å².